The molecular weight excluding hydrogens is 340 g/mol. The molecule has 2 atom stereocenters. The topological polar surface area (TPSA) is 52.3 Å². The number of hydrogen-bond donors (Lipinski definition) is 0. The second kappa shape index (κ2) is 5.14. The van der Waals surface area contributed by atoms with Crippen LogP contribution in [0.4, 0.5) is 17.6 Å². The van der Waals surface area contributed by atoms with Crippen LogP contribution in [0.2, 0.25) is 0 Å². The van der Waals surface area contributed by atoms with Crippen molar-refractivity contribution >= 4 is 5.65 Å². The van der Waals surface area contributed by atoms with E-state index in [1.807, 2.05) is 0 Å². The van der Waals surface area contributed by atoms with Gasteiger partial charge in [-0.25, -0.2) is 4.39 Å². The maximum absolute atomic E-state index is 13.9. The summed E-state index contributed by atoms with van der Waals surface area (Å²) >= 11 is 0. The zero-order valence-corrected chi connectivity index (χ0v) is 13.0. The summed E-state index contributed by atoms with van der Waals surface area (Å²) in [5.41, 5.74) is 0.277. The highest BCUT2D eigenvalue weighted by Gasteiger charge is 2.54. The molecule has 0 saturated heterocycles. The van der Waals surface area contributed by atoms with Crippen molar-refractivity contribution in [1.29, 1.82) is 0 Å². The number of nitrogens with zero attached hydrogens (tertiary/aromatic N) is 4. The fraction of sp³-hybridized carbons (Fsp3) is 0.312. The van der Waals surface area contributed by atoms with E-state index in [1.165, 1.54) is 35.7 Å². The molecular formula is C16H12F4N4O. The van der Waals surface area contributed by atoms with Crippen LogP contribution in [0.25, 0.3) is 16.9 Å². The van der Waals surface area contributed by atoms with E-state index in [2.05, 4.69) is 20.0 Å². The van der Waals surface area contributed by atoms with Crippen LogP contribution in [0.5, 0.6) is 5.75 Å². The highest BCUT2D eigenvalue weighted by atomic mass is 19.4. The van der Waals surface area contributed by atoms with Crippen LogP contribution in [-0.2, 0) is 0 Å². The first-order valence-electron chi connectivity index (χ1n) is 7.50. The fourth-order valence-corrected chi connectivity index (χ4v) is 2.70. The van der Waals surface area contributed by atoms with Crippen molar-refractivity contribution in [1.82, 2.24) is 19.8 Å². The number of fused-ring (bicyclic) bond motifs is 1. The number of benzene rings is 1. The number of ether oxygens (including phenoxy) is 1. The fourth-order valence-electron chi connectivity index (χ4n) is 2.70. The number of alkyl halides is 4. The molecule has 0 radical (unpaired) electrons. The molecule has 0 spiro atoms. The van der Waals surface area contributed by atoms with E-state index in [0.717, 1.165) is 0 Å². The summed E-state index contributed by atoms with van der Waals surface area (Å²) in [6.07, 6.45) is -4.37. The van der Waals surface area contributed by atoms with E-state index in [0.29, 0.717) is 29.1 Å². The quantitative estimate of drug-likeness (QED) is 0.671. The highest BCUT2D eigenvalue weighted by Crippen LogP contribution is 2.53. The van der Waals surface area contributed by atoms with E-state index in [4.69, 9.17) is 0 Å². The van der Waals surface area contributed by atoms with Crippen molar-refractivity contribution in [3.8, 4) is 17.0 Å². The predicted molar refractivity (Wildman–Crippen MR) is 79.8 cm³/mol. The average Bonchev–Trinajstić information content (AvgIpc) is 2.98. The molecule has 1 unspecified atom stereocenters. The highest BCUT2D eigenvalue weighted by molar-refractivity contribution is 5.61. The Morgan fingerprint density at radius 2 is 1.80 bits per heavy atom. The van der Waals surface area contributed by atoms with Crippen LogP contribution < -0.4 is 4.74 Å². The van der Waals surface area contributed by atoms with Crippen molar-refractivity contribution in [2.75, 3.05) is 0 Å². The van der Waals surface area contributed by atoms with Gasteiger partial charge in [0.05, 0.1) is 11.6 Å². The van der Waals surface area contributed by atoms with Gasteiger partial charge in [-0.3, -0.25) is 0 Å². The van der Waals surface area contributed by atoms with E-state index >= 15 is 0 Å². The van der Waals surface area contributed by atoms with Crippen LogP contribution in [0.3, 0.4) is 0 Å². The molecule has 3 aromatic rings. The molecule has 25 heavy (non-hydrogen) atoms. The molecule has 1 fully saturated rings. The predicted octanol–water partition coefficient (Wildman–Crippen LogP) is 3.91. The van der Waals surface area contributed by atoms with Crippen LogP contribution in [-0.4, -0.2) is 31.8 Å². The van der Waals surface area contributed by atoms with Crippen LogP contribution in [0.15, 0.2) is 36.4 Å². The lowest BCUT2D eigenvalue weighted by atomic mass is 10.1. The second-order valence-electron chi connectivity index (χ2n) is 6.15. The molecule has 2 aromatic heterocycles. The molecule has 0 amide bonds. The van der Waals surface area contributed by atoms with Gasteiger partial charge in [-0.1, -0.05) is 0 Å². The standard InChI is InChI=1S/C16H12F4N4O/c1-15(17)8-11(15)14-22-21-13-7-6-12(23-24(13)14)9-2-4-10(5-3-9)25-16(18,19)20/h2-7,11H,8H2,1H3/t11-,15?/m0/s1. The minimum Gasteiger partial charge on any atom is -0.406 e. The van der Waals surface area contributed by atoms with Gasteiger partial charge in [0.1, 0.15) is 11.4 Å². The normalized spacial score (nSPS) is 23.0. The number of aromatic nitrogens is 4. The molecule has 4 rings (SSSR count). The Bertz CT molecular complexity index is 933. The minimum absolute atomic E-state index is 0.312. The largest absolute Gasteiger partial charge is 0.573 e. The monoisotopic (exact) mass is 352 g/mol. The first-order chi connectivity index (χ1) is 11.7. The van der Waals surface area contributed by atoms with E-state index < -0.39 is 12.0 Å². The zero-order valence-electron chi connectivity index (χ0n) is 13.0. The zero-order chi connectivity index (χ0) is 17.8. The Morgan fingerprint density at radius 3 is 2.40 bits per heavy atom. The van der Waals surface area contributed by atoms with Gasteiger partial charge in [-0.2, -0.15) is 9.61 Å². The lowest BCUT2D eigenvalue weighted by molar-refractivity contribution is -0.274. The van der Waals surface area contributed by atoms with Gasteiger partial charge in [-0.05, 0) is 49.7 Å². The summed E-state index contributed by atoms with van der Waals surface area (Å²) in [5, 5.41) is 12.4. The van der Waals surface area contributed by atoms with Gasteiger partial charge >= 0.3 is 6.36 Å². The molecule has 1 aliphatic carbocycles. The summed E-state index contributed by atoms with van der Waals surface area (Å²) < 4.78 is 55.9. The number of rotatable bonds is 3. The SMILES string of the molecule is CC1(F)C[C@H]1c1nnc2ccc(-c3ccc(OC(F)(F)F)cc3)nn12. The van der Waals surface area contributed by atoms with Gasteiger partial charge in [0.2, 0.25) is 0 Å². The Kier molecular flexibility index (Phi) is 3.25. The van der Waals surface area contributed by atoms with Crippen molar-refractivity contribution in [2.24, 2.45) is 0 Å². The lowest BCUT2D eigenvalue weighted by Crippen LogP contribution is -2.16. The average molecular weight is 352 g/mol. The van der Waals surface area contributed by atoms with Gasteiger partial charge in [-0.15, -0.1) is 23.4 Å². The van der Waals surface area contributed by atoms with Crippen LogP contribution in [0, 0.1) is 0 Å². The van der Waals surface area contributed by atoms with Crippen molar-refractivity contribution in [3.05, 3.63) is 42.2 Å². The van der Waals surface area contributed by atoms with Crippen molar-refractivity contribution in [2.45, 2.75) is 31.3 Å². The third-order valence-corrected chi connectivity index (χ3v) is 4.15. The smallest absolute Gasteiger partial charge is 0.406 e. The molecule has 0 N–H and O–H groups in total. The summed E-state index contributed by atoms with van der Waals surface area (Å²) in [6.45, 7) is 1.50. The minimum atomic E-state index is -4.74. The molecule has 1 saturated carbocycles. The summed E-state index contributed by atoms with van der Waals surface area (Å²) in [6, 6.07) is 8.71. The van der Waals surface area contributed by atoms with Crippen molar-refractivity contribution in [3.63, 3.8) is 0 Å². The van der Waals surface area contributed by atoms with Gasteiger partial charge in [0, 0.05) is 5.56 Å². The lowest BCUT2D eigenvalue weighted by Gasteiger charge is -2.09. The van der Waals surface area contributed by atoms with E-state index in [1.54, 1.807) is 12.1 Å². The molecule has 0 aliphatic heterocycles. The summed E-state index contributed by atoms with van der Waals surface area (Å²) in [4.78, 5) is 0. The number of hydrogen-bond acceptors (Lipinski definition) is 4. The maximum Gasteiger partial charge on any atom is 0.573 e. The van der Waals surface area contributed by atoms with Gasteiger partial charge in [0.25, 0.3) is 0 Å². The Balaban J connectivity index is 1.66. The summed E-state index contributed by atoms with van der Waals surface area (Å²) in [7, 11) is 0. The maximum atomic E-state index is 13.9. The first-order valence-corrected chi connectivity index (χ1v) is 7.50. The third-order valence-electron chi connectivity index (χ3n) is 4.15. The van der Waals surface area contributed by atoms with Crippen LogP contribution >= 0.6 is 0 Å². The van der Waals surface area contributed by atoms with E-state index in [9.17, 15) is 17.6 Å². The summed E-state index contributed by atoms with van der Waals surface area (Å²) in [5.74, 6) is -0.222. The second-order valence-corrected chi connectivity index (χ2v) is 6.15. The number of halogens is 4. The molecule has 9 heteroatoms. The van der Waals surface area contributed by atoms with Crippen LogP contribution in [0.1, 0.15) is 25.1 Å². The Morgan fingerprint density at radius 1 is 1.12 bits per heavy atom. The molecule has 1 aliphatic rings. The van der Waals surface area contributed by atoms with Gasteiger partial charge < -0.3 is 4.74 Å². The Hall–Kier alpha value is -2.71. The first kappa shape index (κ1) is 15.8. The molecule has 2 heterocycles. The van der Waals surface area contributed by atoms with Gasteiger partial charge in [0.15, 0.2) is 11.5 Å². The van der Waals surface area contributed by atoms with Crippen molar-refractivity contribution < 1.29 is 22.3 Å². The molecule has 0 bridgehead atoms. The Labute approximate surface area is 139 Å². The molecule has 1 aromatic carbocycles. The molecule has 130 valence electrons. The molecule has 5 nitrogen and oxygen atoms in total. The third kappa shape index (κ3) is 3.01. The van der Waals surface area contributed by atoms with E-state index in [-0.39, 0.29) is 11.7 Å².